The van der Waals surface area contributed by atoms with Gasteiger partial charge in [0.05, 0.1) is 34.2 Å². The van der Waals surface area contributed by atoms with Gasteiger partial charge in [-0.25, -0.2) is 4.98 Å². The fraction of sp³-hybridized carbons (Fsp3) is 0.0351. The lowest BCUT2D eigenvalue weighted by Gasteiger charge is -2.17. The summed E-state index contributed by atoms with van der Waals surface area (Å²) in [4.78, 5) is 16.2. The van der Waals surface area contributed by atoms with Crippen molar-refractivity contribution in [2.24, 2.45) is 9.98 Å². The molecule has 0 aliphatic heterocycles. The van der Waals surface area contributed by atoms with Crippen molar-refractivity contribution in [2.45, 2.75) is 13.8 Å². The van der Waals surface area contributed by atoms with Crippen molar-refractivity contribution in [2.75, 3.05) is 0 Å². The molecule has 0 bridgehead atoms. The van der Waals surface area contributed by atoms with Crippen LogP contribution in [0.2, 0.25) is 0 Å². The van der Waals surface area contributed by atoms with Crippen molar-refractivity contribution in [1.29, 1.82) is 0 Å². The Labute approximate surface area is 352 Å². The maximum absolute atomic E-state index is 5.46. The third-order valence-electron chi connectivity index (χ3n) is 10.8. The summed E-state index contributed by atoms with van der Waals surface area (Å²) in [6, 6.07) is 78.5. The molecule has 0 atom stereocenters. The van der Waals surface area contributed by atoms with Gasteiger partial charge in [-0.2, -0.15) is 0 Å². The van der Waals surface area contributed by atoms with Crippen molar-refractivity contribution < 1.29 is 0 Å². The van der Waals surface area contributed by atoms with Crippen LogP contribution in [0, 0.1) is 0 Å². The maximum atomic E-state index is 5.46. The molecule has 0 amide bonds. The molecule has 0 saturated heterocycles. The summed E-state index contributed by atoms with van der Waals surface area (Å²) < 4.78 is 0. The Morgan fingerprint density at radius 2 is 0.533 bits per heavy atom. The minimum Gasteiger partial charge on any atom is -0.250 e. The summed E-state index contributed by atoms with van der Waals surface area (Å²) in [6.07, 6.45) is 0. The Morgan fingerprint density at radius 3 is 0.800 bits per heavy atom. The Morgan fingerprint density at radius 1 is 0.283 bits per heavy atom. The summed E-state index contributed by atoms with van der Waals surface area (Å²) in [5.74, 6) is 0. The number of rotatable bonds is 10. The first-order chi connectivity index (χ1) is 29.6. The lowest BCUT2D eigenvalue weighted by Crippen LogP contribution is -2.05. The molecule has 9 rings (SSSR count). The van der Waals surface area contributed by atoms with Gasteiger partial charge in [0.25, 0.3) is 0 Å². The molecule has 3 heteroatoms. The zero-order valence-corrected chi connectivity index (χ0v) is 33.7. The normalized spacial score (nSPS) is 11.7. The Balaban J connectivity index is 1.19. The topological polar surface area (TPSA) is 37.6 Å². The van der Waals surface area contributed by atoms with Gasteiger partial charge in [0, 0.05) is 22.3 Å². The van der Waals surface area contributed by atoms with E-state index in [1.54, 1.807) is 0 Å². The fourth-order valence-corrected chi connectivity index (χ4v) is 7.74. The predicted molar refractivity (Wildman–Crippen MR) is 253 cm³/mol. The molecule has 286 valence electrons. The summed E-state index contributed by atoms with van der Waals surface area (Å²) in [6.45, 7) is 4.10. The molecule has 9 aromatic rings. The molecular weight excluding hydrogens is 727 g/mol. The van der Waals surface area contributed by atoms with Crippen LogP contribution in [0.15, 0.2) is 234 Å². The largest absolute Gasteiger partial charge is 0.250 e. The third kappa shape index (κ3) is 8.16. The third-order valence-corrected chi connectivity index (χ3v) is 10.8. The standard InChI is InChI=1S/C57H43N3/c1-40(58-56-50(44-26-13-5-14-27-44)36-48(42-22-9-3-10-23-42)37-51(56)45-28-15-6-16-29-45)54-34-21-35-55(60-54)41(2)59-57-52(46-30-17-7-18-31-46)38-49(43-24-11-4-12-25-43)39-53(57)47-32-19-8-20-33-47/h3-39H,1-2H3. The fourth-order valence-electron chi connectivity index (χ4n) is 7.74. The van der Waals surface area contributed by atoms with Crippen LogP contribution in [-0.4, -0.2) is 16.4 Å². The van der Waals surface area contributed by atoms with Gasteiger partial charge in [-0.15, -0.1) is 0 Å². The first-order valence-electron chi connectivity index (χ1n) is 20.4. The van der Waals surface area contributed by atoms with Gasteiger partial charge >= 0.3 is 0 Å². The molecule has 0 spiro atoms. The van der Waals surface area contributed by atoms with Crippen LogP contribution in [0.1, 0.15) is 25.2 Å². The van der Waals surface area contributed by atoms with Crippen molar-refractivity contribution >= 4 is 22.8 Å². The lowest BCUT2D eigenvalue weighted by atomic mass is 9.91. The monoisotopic (exact) mass is 769 g/mol. The minimum absolute atomic E-state index is 0.790. The SMILES string of the molecule is CC(=Nc1c(-c2ccccc2)cc(-c2ccccc2)cc1-c1ccccc1)c1cccc(C(C)=Nc2c(-c3ccccc3)cc(-c3ccccc3)cc2-c2ccccc2)n1. The summed E-state index contributed by atoms with van der Waals surface area (Å²) in [5.41, 5.74) is 18.3. The zero-order valence-electron chi connectivity index (χ0n) is 33.7. The van der Waals surface area contributed by atoms with Crippen LogP contribution >= 0.6 is 0 Å². The molecule has 0 saturated carbocycles. The van der Waals surface area contributed by atoms with E-state index in [9.17, 15) is 0 Å². The highest BCUT2D eigenvalue weighted by Crippen LogP contribution is 2.45. The number of aromatic nitrogens is 1. The number of nitrogens with zero attached hydrogens (tertiary/aromatic N) is 3. The smallest absolute Gasteiger partial charge is 0.0849 e. The lowest BCUT2D eigenvalue weighted by molar-refractivity contribution is 1.24. The summed E-state index contributed by atoms with van der Waals surface area (Å²) in [7, 11) is 0. The Hall–Kier alpha value is -7.75. The molecule has 0 aliphatic carbocycles. The molecule has 0 radical (unpaired) electrons. The summed E-state index contributed by atoms with van der Waals surface area (Å²) >= 11 is 0. The first-order valence-corrected chi connectivity index (χ1v) is 20.4. The highest BCUT2D eigenvalue weighted by molar-refractivity contribution is 6.06. The van der Waals surface area contributed by atoms with Crippen LogP contribution < -0.4 is 0 Å². The van der Waals surface area contributed by atoms with Gasteiger partial charge in [-0.1, -0.05) is 188 Å². The second-order valence-corrected chi connectivity index (χ2v) is 14.8. The molecular formula is C57H43N3. The number of pyridine rings is 1. The average Bonchev–Trinajstić information content (AvgIpc) is 3.33. The van der Waals surface area contributed by atoms with E-state index in [0.717, 1.165) is 101 Å². The minimum atomic E-state index is 0.790. The number of hydrogen-bond acceptors (Lipinski definition) is 3. The summed E-state index contributed by atoms with van der Waals surface area (Å²) in [5, 5.41) is 0. The van der Waals surface area contributed by atoms with Crippen molar-refractivity contribution in [3.8, 4) is 66.8 Å². The Kier molecular flexibility index (Phi) is 11.0. The molecule has 8 aromatic carbocycles. The molecule has 0 fully saturated rings. The number of hydrogen-bond donors (Lipinski definition) is 0. The van der Waals surface area contributed by atoms with Gasteiger partial charge in [0.2, 0.25) is 0 Å². The van der Waals surface area contributed by atoms with E-state index < -0.39 is 0 Å². The van der Waals surface area contributed by atoms with Crippen LogP contribution in [0.5, 0.6) is 0 Å². The van der Waals surface area contributed by atoms with Gasteiger partial charge in [-0.05, 0) is 94.8 Å². The number of aliphatic imine (C=N–C) groups is 2. The van der Waals surface area contributed by atoms with E-state index in [1.807, 2.05) is 12.1 Å². The Bertz CT molecular complexity index is 2620. The first kappa shape index (κ1) is 37.8. The van der Waals surface area contributed by atoms with Crippen LogP contribution in [-0.2, 0) is 0 Å². The van der Waals surface area contributed by atoms with E-state index in [1.165, 1.54) is 0 Å². The van der Waals surface area contributed by atoms with Gasteiger partial charge < -0.3 is 0 Å². The van der Waals surface area contributed by atoms with E-state index in [0.29, 0.717) is 0 Å². The van der Waals surface area contributed by atoms with Crippen LogP contribution in [0.4, 0.5) is 11.4 Å². The van der Waals surface area contributed by atoms with Gasteiger partial charge in [0.1, 0.15) is 0 Å². The molecule has 0 unspecified atom stereocenters. The van der Waals surface area contributed by atoms with Crippen molar-refractivity contribution in [3.05, 3.63) is 236 Å². The molecule has 0 aliphatic rings. The van der Waals surface area contributed by atoms with E-state index in [-0.39, 0.29) is 0 Å². The molecule has 60 heavy (non-hydrogen) atoms. The van der Waals surface area contributed by atoms with Crippen LogP contribution in [0.25, 0.3) is 66.8 Å². The molecule has 3 nitrogen and oxygen atoms in total. The van der Waals surface area contributed by atoms with E-state index in [2.05, 4.69) is 226 Å². The zero-order chi connectivity index (χ0) is 40.7. The second-order valence-electron chi connectivity index (χ2n) is 14.8. The molecule has 0 N–H and O–H groups in total. The van der Waals surface area contributed by atoms with Crippen molar-refractivity contribution in [3.63, 3.8) is 0 Å². The average molecular weight is 770 g/mol. The van der Waals surface area contributed by atoms with E-state index in [4.69, 9.17) is 15.0 Å². The second kappa shape index (κ2) is 17.4. The predicted octanol–water partition coefficient (Wildman–Crippen LogP) is 15.4. The maximum Gasteiger partial charge on any atom is 0.0849 e. The molecule has 1 heterocycles. The number of benzene rings is 8. The van der Waals surface area contributed by atoms with Gasteiger partial charge in [0.15, 0.2) is 0 Å². The quantitative estimate of drug-likeness (QED) is 0.128. The molecule has 1 aromatic heterocycles. The highest BCUT2D eigenvalue weighted by atomic mass is 14.8. The van der Waals surface area contributed by atoms with E-state index >= 15 is 0 Å². The van der Waals surface area contributed by atoms with Crippen LogP contribution in [0.3, 0.4) is 0 Å². The highest BCUT2D eigenvalue weighted by Gasteiger charge is 2.18. The van der Waals surface area contributed by atoms with Crippen molar-refractivity contribution in [1.82, 2.24) is 4.98 Å². The van der Waals surface area contributed by atoms with Gasteiger partial charge in [-0.3, -0.25) is 9.98 Å².